The molecular formula is C19H21N3O5S. The van der Waals surface area contributed by atoms with Crippen LogP contribution in [0.2, 0.25) is 0 Å². The van der Waals surface area contributed by atoms with Gasteiger partial charge in [0, 0.05) is 26.2 Å². The molecule has 4 rings (SSSR count). The van der Waals surface area contributed by atoms with Crippen LogP contribution < -0.4 is 19.5 Å². The Kier molecular flexibility index (Phi) is 5.10. The summed E-state index contributed by atoms with van der Waals surface area (Å²) in [7, 11) is -3.64. The van der Waals surface area contributed by atoms with Crippen molar-refractivity contribution >= 4 is 16.1 Å². The third-order valence-corrected chi connectivity index (χ3v) is 6.14. The average molecular weight is 403 g/mol. The number of rotatable bonds is 6. The maximum Gasteiger partial charge on any atom is 0.317 e. The molecule has 148 valence electrons. The normalized spacial score (nSPS) is 16.1. The summed E-state index contributed by atoms with van der Waals surface area (Å²) >= 11 is 0. The molecule has 0 aliphatic carbocycles. The Bertz CT molecular complexity index is 976. The number of benzene rings is 2. The number of nitrogens with one attached hydrogen (secondary N) is 2. The molecular weight excluding hydrogens is 382 g/mol. The van der Waals surface area contributed by atoms with E-state index < -0.39 is 10.0 Å². The fourth-order valence-corrected chi connectivity index (χ4v) is 4.19. The smallest absolute Gasteiger partial charge is 0.317 e. The molecule has 0 radical (unpaired) electrons. The monoisotopic (exact) mass is 403 g/mol. The molecule has 0 bridgehead atoms. The summed E-state index contributed by atoms with van der Waals surface area (Å²) in [5.74, 6) is 1.40. The lowest BCUT2D eigenvalue weighted by Gasteiger charge is -2.19. The van der Waals surface area contributed by atoms with Gasteiger partial charge in [-0.1, -0.05) is 18.2 Å². The number of amides is 2. The molecule has 1 fully saturated rings. The second kappa shape index (κ2) is 7.69. The SMILES string of the molecule is O=C1NCCN1CCNS(=O)(=O)c1ccc(-c2ccc3c(c2)OCCO3)cc1. The third-order valence-electron chi connectivity index (χ3n) is 4.66. The molecule has 9 heteroatoms. The number of hydrogen-bond donors (Lipinski definition) is 2. The molecule has 0 atom stereocenters. The molecule has 2 aliphatic heterocycles. The first-order valence-electron chi connectivity index (χ1n) is 9.05. The van der Waals surface area contributed by atoms with E-state index in [0.717, 1.165) is 11.1 Å². The van der Waals surface area contributed by atoms with Gasteiger partial charge in [0.2, 0.25) is 10.0 Å². The van der Waals surface area contributed by atoms with Crippen LogP contribution in [0, 0.1) is 0 Å². The van der Waals surface area contributed by atoms with Gasteiger partial charge in [-0.15, -0.1) is 0 Å². The first-order chi connectivity index (χ1) is 13.5. The first-order valence-corrected chi connectivity index (χ1v) is 10.5. The van der Waals surface area contributed by atoms with Crippen molar-refractivity contribution < 1.29 is 22.7 Å². The van der Waals surface area contributed by atoms with E-state index in [-0.39, 0.29) is 17.5 Å². The zero-order valence-corrected chi connectivity index (χ0v) is 16.0. The quantitative estimate of drug-likeness (QED) is 0.761. The van der Waals surface area contributed by atoms with E-state index in [2.05, 4.69) is 10.0 Å². The molecule has 28 heavy (non-hydrogen) atoms. The molecule has 8 nitrogen and oxygen atoms in total. The second-order valence-electron chi connectivity index (χ2n) is 6.50. The molecule has 0 spiro atoms. The van der Waals surface area contributed by atoms with Crippen LogP contribution in [0.15, 0.2) is 47.4 Å². The minimum atomic E-state index is -3.64. The highest BCUT2D eigenvalue weighted by molar-refractivity contribution is 7.89. The Hall–Kier alpha value is -2.78. The molecule has 2 aromatic rings. The molecule has 2 aromatic carbocycles. The molecule has 2 heterocycles. The van der Waals surface area contributed by atoms with E-state index in [4.69, 9.17) is 9.47 Å². The van der Waals surface area contributed by atoms with Gasteiger partial charge >= 0.3 is 6.03 Å². The largest absolute Gasteiger partial charge is 0.486 e. The molecule has 2 aliphatic rings. The lowest BCUT2D eigenvalue weighted by Crippen LogP contribution is -2.36. The minimum absolute atomic E-state index is 0.164. The maximum absolute atomic E-state index is 12.5. The topological polar surface area (TPSA) is 97.0 Å². The van der Waals surface area contributed by atoms with Gasteiger partial charge in [0.1, 0.15) is 13.2 Å². The highest BCUT2D eigenvalue weighted by Crippen LogP contribution is 2.34. The van der Waals surface area contributed by atoms with Crippen molar-refractivity contribution in [2.45, 2.75) is 4.90 Å². The predicted molar refractivity (Wildman–Crippen MR) is 103 cm³/mol. The number of carbonyl (C=O) groups excluding carboxylic acids is 1. The Morgan fingerprint density at radius 1 is 1.00 bits per heavy atom. The van der Waals surface area contributed by atoms with Crippen LogP contribution in [0.4, 0.5) is 4.79 Å². The zero-order valence-electron chi connectivity index (χ0n) is 15.2. The van der Waals surface area contributed by atoms with Crippen LogP contribution in [-0.4, -0.2) is 58.7 Å². The van der Waals surface area contributed by atoms with Gasteiger partial charge in [-0.05, 0) is 35.4 Å². The Labute approximate surface area is 163 Å². The highest BCUT2D eigenvalue weighted by atomic mass is 32.2. The van der Waals surface area contributed by atoms with Crippen molar-refractivity contribution in [3.8, 4) is 22.6 Å². The van der Waals surface area contributed by atoms with Crippen LogP contribution >= 0.6 is 0 Å². The molecule has 0 unspecified atom stereocenters. The Morgan fingerprint density at radius 2 is 1.71 bits per heavy atom. The van der Waals surface area contributed by atoms with Gasteiger partial charge in [-0.2, -0.15) is 0 Å². The third kappa shape index (κ3) is 3.90. The summed E-state index contributed by atoms with van der Waals surface area (Å²) in [5.41, 5.74) is 1.80. The van der Waals surface area contributed by atoms with Gasteiger partial charge in [0.15, 0.2) is 11.5 Å². The summed E-state index contributed by atoms with van der Waals surface area (Å²) in [6, 6.07) is 12.1. The van der Waals surface area contributed by atoms with Crippen molar-refractivity contribution in [1.82, 2.24) is 14.9 Å². The van der Waals surface area contributed by atoms with Crippen molar-refractivity contribution in [2.75, 3.05) is 39.4 Å². The fraction of sp³-hybridized carbons (Fsp3) is 0.316. The van der Waals surface area contributed by atoms with Crippen LogP contribution in [-0.2, 0) is 10.0 Å². The van der Waals surface area contributed by atoms with Crippen LogP contribution in [0.1, 0.15) is 0 Å². The number of ether oxygens (including phenoxy) is 2. The van der Waals surface area contributed by atoms with Crippen LogP contribution in [0.25, 0.3) is 11.1 Å². The van der Waals surface area contributed by atoms with Crippen molar-refractivity contribution in [3.05, 3.63) is 42.5 Å². The van der Waals surface area contributed by atoms with E-state index >= 15 is 0 Å². The summed E-state index contributed by atoms with van der Waals surface area (Å²) in [6.45, 7) is 2.73. The molecule has 2 amide bonds. The van der Waals surface area contributed by atoms with Gasteiger partial charge in [0.25, 0.3) is 0 Å². The zero-order chi connectivity index (χ0) is 19.6. The Morgan fingerprint density at radius 3 is 2.43 bits per heavy atom. The summed E-state index contributed by atoms with van der Waals surface area (Å²) in [5, 5.41) is 2.68. The number of carbonyl (C=O) groups is 1. The molecule has 1 saturated heterocycles. The summed E-state index contributed by atoms with van der Waals surface area (Å²) < 4.78 is 38.6. The number of urea groups is 1. The first kappa shape index (κ1) is 18.6. The minimum Gasteiger partial charge on any atom is -0.486 e. The lowest BCUT2D eigenvalue weighted by molar-refractivity contribution is 0.171. The summed E-state index contributed by atoms with van der Waals surface area (Å²) in [4.78, 5) is 13.2. The van der Waals surface area contributed by atoms with E-state index in [9.17, 15) is 13.2 Å². The van der Waals surface area contributed by atoms with E-state index in [1.165, 1.54) is 0 Å². The van der Waals surface area contributed by atoms with Crippen molar-refractivity contribution in [1.29, 1.82) is 0 Å². The Balaban J connectivity index is 1.42. The molecule has 0 aromatic heterocycles. The number of sulfonamides is 1. The maximum atomic E-state index is 12.5. The van der Waals surface area contributed by atoms with Crippen molar-refractivity contribution in [2.24, 2.45) is 0 Å². The van der Waals surface area contributed by atoms with Crippen LogP contribution in [0.5, 0.6) is 11.5 Å². The van der Waals surface area contributed by atoms with E-state index in [1.807, 2.05) is 18.2 Å². The lowest BCUT2D eigenvalue weighted by atomic mass is 10.1. The standard InChI is InChI=1S/C19H21N3O5S/c23-19-20-7-9-22(19)10-8-21-28(24,25)16-4-1-14(2-5-16)15-3-6-17-18(13-15)27-12-11-26-17/h1-6,13,21H,7-12H2,(H,20,23). The van der Waals surface area contributed by atoms with E-state index in [0.29, 0.717) is 44.3 Å². The van der Waals surface area contributed by atoms with Gasteiger partial charge in [-0.25, -0.2) is 17.9 Å². The van der Waals surface area contributed by atoms with Gasteiger partial charge < -0.3 is 19.7 Å². The molecule has 2 N–H and O–H groups in total. The number of nitrogens with zero attached hydrogens (tertiary/aromatic N) is 1. The van der Waals surface area contributed by atoms with E-state index in [1.54, 1.807) is 29.2 Å². The average Bonchev–Trinajstić information content (AvgIpc) is 3.12. The molecule has 0 saturated carbocycles. The number of fused-ring (bicyclic) bond motifs is 1. The second-order valence-corrected chi connectivity index (χ2v) is 8.27. The highest BCUT2D eigenvalue weighted by Gasteiger charge is 2.20. The predicted octanol–water partition coefficient (Wildman–Crippen LogP) is 1.43. The summed E-state index contributed by atoms with van der Waals surface area (Å²) in [6.07, 6.45) is 0. The van der Waals surface area contributed by atoms with Crippen LogP contribution in [0.3, 0.4) is 0 Å². The fourth-order valence-electron chi connectivity index (χ4n) is 3.17. The van der Waals surface area contributed by atoms with Gasteiger partial charge in [-0.3, -0.25) is 0 Å². The van der Waals surface area contributed by atoms with Crippen molar-refractivity contribution in [3.63, 3.8) is 0 Å². The number of hydrogen-bond acceptors (Lipinski definition) is 5. The van der Waals surface area contributed by atoms with Gasteiger partial charge in [0.05, 0.1) is 4.90 Å².